The third-order valence-electron chi connectivity index (χ3n) is 2.85. The second-order valence-corrected chi connectivity index (χ2v) is 5.34. The van der Waals surface area contributed by atoms with E-state index in [-0.39, 0.29) is 6.10 Å². The monoisotopic (exact) mass is 282 g/mol. The zero-order valence-electron chi connectivity index (χ0n) is 11.0. The van der Waals surface area contributed by atoms with Crippen molar-refractivity contribution in [1.82, 2.24) is 15.0 Å². The SMILES string of the molecule is CCCN1CCOC(c2noc(CSCC#N)n2)C1. The zero-order valence-corrected chi connectivity index (χ0v) is 11.9. The van der Waals surface area contributed by atoms with Crippen LogP contribution in [0.25, 0.3) is 0 Å². The molecule has 7 heteroatoms. The minimum Gasteiger partial charge on any atom is -0.367 e. The highest BCUT2D eigenvalue weighted by molar-refractivity contribution is 7.98. The lowest BCUT2D eigenvalue weighted by Gasteiger charge is -2.30. The molecule has 0 N–H and O–H groups in total. The lowest BCUT2D eigenvalue weighted by molar-refractivity contribution is -0.0350. The molecule has 0 saturated carbocycles. The van der Waals surface area contributed by atoms with Gasteiger partial charge >= 0.3 is 0 Å². The summed E-state index contributed by atoms with van der Waals surface area (Å²) in [7, 11) is 0. The third kappa shape index (κ3) is 4.20. The van der Waals surface area contributed by atoms with Crippen molar-refractivity contribution in [2.24, 2.45) is 0 Å². The van der Waals surface area contributed by atoms with E-state index < -0.39 is 0 Å². The van der Waals surface area contributed by atoms with E-state index in [1.165, 1.54) is 11.8 Å². The van der Waals surface area contributed by atoms with Crippen LogP contribution in [0.1, 0.15) is 31.2 Å². The number of ether oxygens (including phenoxy) is 1. The van der Waals surface area contributed by atoms with E-state index in [2.05, 4.69) is 28.0 Å². The summed E-state index contributed by atoms with van der Waals surface area (Å²) in [6, 6.07) is 2.07. The summed E-state index contributed by atoms with van der Waals surface area (Å²) in [5, 5.41) is 12.4. The number of hydrogen-bond donors (Lipinski definition) is 0. The highest BCUT2D eigenvalue weighted by Gasteiger charge is 2.25. The van der Waals surface area contributed by atoms with Crippen molar-refractivity contribution < 1.29 is 9.26 Å². The third-order valence-corrected chi connectivity index (χ3v) is 3.64. The Balaban J connectivity index is 1.88. The number of hydrogen-bond acceptors (Lipinski definition) is 7. The number of rotatable bonds is 6. The first-order chi connectivity index (χ1) is 9.33. The first kappa shape index (κ1) is 14.3. The highest BCUT2D eigenvalue weighted by Crippen LogP contribution is 2.21. The molecule has 1 atom stereocenters. The van der Waals surface area contributed by atoms with Crippen molar-refractivity contribution in [3.63, 3.8) is 0 Å². The van der Waals surface area contributed by atoms with Gasteiger partial charge < -0.3 is 9.26 Å². The van der Waals surface area contributed by atoms with Crippen LogP contribution in [-0.2, 0) is 10.5 Å². The van der Waals surface area contributed by atoms with Crippen LogP contribution in [0, 0.1) is 11.3 Å². The largest absolute Gasteiger partial charge is 0.367 e. The predicted molar refractivity (Wildman–Crippen MR) is 71.5 cm³/mol. The van der Waals surface area contributed by atoms with Gasteiger partial charge in [0.1, 0.15) is 6.10 Å². The van der Waals surface area contributed by atoms with Crippen molar-refractivity contribution >= 4 is 11.8 Å². The van der Waals surface area contributed by atoms with Gasteiger partial charge in [-0.25, -0.2) is 0 Å². The minimum atomic E-state index is -0.0984. The number of thioether (sulfide) groups is 1. The number of aromatic nitrogens is 2. The average Bonchev–Trinajstić information content (AvgIpc) is 2.89. The second-order valence-electron chi connectivity index (χ2n) is 4.36. The molecule has 104 valence electrons. The smallest absolute Gasteiger partial charge is 0.236 e. The fourth-order valence-electron chi connectivity index (χ4n) is 2.02. The Hall–Kier alpha value is -1.10. The molecule has 0 spiro atoms. The summed E-state index contributed by atoms with van der Waals surface area (Å²) >= 11 is 1.47. The molecule has 1 unspecified atom stereocenters. The van der Waals surface area contributed by atoms with Gasteiger partial charge in [0.15, 0.2) is 0 Å². The summed E-state index contributed by atoms with van der Waals surface area (Å²) in [6.07, 6.45) is 1.04. The van der Waals surface area contributed by atoms with Crippen LogP contribution in [0.2, 0.25) is 0 Å². The molecule has 0 radical (unpaired) electrons. The van der Waals surface area contributed by atoms with Crippen molar-refractivity contribution in [3.8, 4) is 6.07 Å². The molecular formula is C12H18N4O2S. The Bertz CT molecular complexity index is 430. The van der Waals surface area contributed by atoms with Crippen LogP contribution in [0.15, 0.2) is 4.52 Å². The van der Waals surface area contributed by atoms with E-state index in [4.69, 9.17) is 14.5 Å². The Labute approximate surface area is 117 Å². The molecule has 1 saturated heterocycles. The van der Waals surface area contributed by atoms with Gasteiger partial charge in [-0.2, -0.15) is 10.2 Å². The first-order valence-electron chi connectivity index (χ1n) is 6.44. The van der Waals surface area contributed by atoms with Gasteiger partial charge in [-0.05, 0) is 13.0 Å². The van der Waals surface area contributed by atoms with Crippen LogP contribution in [0.3, 0.4) is 0 Å². The van der Waals surface area contributed by atoms with Crippen LogP contribution in [0.5, 0.6) is 0 Å². The Morgan fingerprint density at radius 1 is 1.58 bits per heavy atom. The summed E-state index contributed by atoms with van der Waals surface area (Å²) < 4.78 is 10.9. The summed E-state index contributed by atoms with van der Waals surface area (Å²) in [6.45, 7) is 5.73. The molecule has 19 heavy (non-hydrogen) atoms. The van der Waals surface area contributed by atoms with Crippen molar-refractivity contribution in [2.75, 3.05) is 32.0 Å². The quantitative estimate of drug-likeness (QED) is 0.734. The lowest BCUT2D eigenvalue weighted by atomic mass is 10.2. The van der Waals surface area contributed by atoms with Crippen LogP contribution in [0.4, 0.5) is 0 Å². The molecule has 1 aromatic rings. The van der Waals surface area contributed by atoms with E-state index in [1.807, 2.05) is 0 Å². The molecule has 2 rings (SSSR count). The van der Waals surface area contributed by atoms with Crippen LogP contribution < -0.4 is 0 Å². The van der Waals surface area contributed by atoms with E-state index in [9.17, 15) is 0 Å². The zero-order chi connectivity index (χ0) is 13.5. The molecule has 6 nitrogen and oxygen atoms in total. The van der Waals surface area contributed by atoms with Crippen molar-refractivity contribution in [3.05, 3.63) is 11.7 Å². The number of nitrogens with zero attached hydrogens (tertiary/aromatic N) is 4. The highest BCUT2D eigenvalue weighted by atomic mass is 32.2. The maximum atomic E-state index is 8.47. The van der Waals surface area contributed by atoms with Crippen molar-refractivity contribution in [2.45, 2.75) is 25.2 Å². The molecule has 0 aliphatic carbocycles. The normalized spacial score (nSPS) is 20.3. The molecule has 2 heterocycles. The number of morpholine rings is 1. The molecule has 1 aliphatic heterocycles. The average molecular weight is 282 g/mol. The Morgan fingerprint density at radius 2 is 2.47 bits per heavy atom. The van der Waals surface area contributed by atoms with E-state index >= 15 is 0 Å². The maximum absolute atomic E-state index is 8.47. The van der Waals surface area contributed by atoms with E-state index in [0.717, 1.165) is 26.1 Å². The molecule has 0 amide bonds. The van der Waals surface area contributed by atoms with Gasteiger partial charge in [0.05, 0.1) is 24.2 Å². The fourth-order valence-corrected chi connectivity index (χ4v) is 2.50. The standard InChI is InChI=1S/C12H18N4O2S/c1-2-4-16-5-6-17-10(8-16)12-14-11(18-15-12)9-19-7-3-13/h10H,2,4-9H2,1H3. The molecular weight excluding hydrogens is 264 g/mol. The Morgan fingerprint density at radius 3 is 3.26 bits per heavy atom. The summed E-state index contributed by atoms with van der Waals surface area (Å²) in [4.78, 5) is 6.70. The number of nitriles is 1. The van der Waals surface area contributed by atoms with Crippen LogP contribution >= 0.6 is 11.8 Å². The van der Waals surface area contributed by atoms with Gasteiger partial charge in [0.25, 0.3) is 0 Å². The fraction of sp³-hybridized carbons (Fsp3) is 0.750. The topological polar surface area (TPSA) is 75.2 Å². The van der Waals surface area contributed by atoms with Crippen LogP contribution in [-0.4, -0.2) is 47.0 Å². The van der Waals surface area contributed by atoms with Gasteiger partial charge in [0.2, 0.25) is 11.7 Å². The molecule has 1 aliphatic rings. The van der Waals surface area contributed by atoms with Gasteiger partial charge in [-0.1, -0.05) is 12.1 Å². The summed E-state index contributed by atoms with van der Waals surface area (Å²) in [5.74, 6) is 2.19. The molecule has 0 bridgehead atoms. The molecule has 0 aromatic carbocycles. The van der Waals surface area contributed by atoms with E-state index in [0.29, 0.717) is 29.8 Å². The Kier molecular flexibility index (Phi) is 5.63. The maximum Gasteiger partial charge on any atom is 0.236 e. The lowest BCUT2D eigenvalue weighted by Crippen LogP contribution is -2.39. The predicted octanol–water partition coefficient (Wildman–Crippen LogP) is 1.61. The minimum absolute atomic E-state index is 0.0984. The first-order valence-corrected chi connectivity index (χ1v) is 7.60. The van der Waals surface area contributed by atoms with Gasteiger partial charge in [-0.3, -0.25) is 4.90 Å². The van der Waals surface area contributed by atoms with Gasteiger partial charge in [0, 0.05) is 13.1 Å². The van der Waals surface area contributed by atoms with Gasteiger partial charge in [-0.15, -0.1) is 11.8 Å². The summed E-state index contributed by atoms with van der Waals surface area (Å²) in [5.41, 5.74) is 0. The molecule has 1 fully saturated rings. The van der Waals surface area contributed by atoms with Crippen molar-refractivity contribution in [1.29, 1.82) is 5.26 Å². The molecule has 1 aromatic heterocycles. The second kappa shape index (κ2) is 7.48. The van der Waals surface area contributed by atoms with E-state index in [1.54, 1.807) is 0 Å².